The molecule has 27 heavy (non-hydrogen) atoms. The van der Waals surface area contributed by atoms with E-state index in [2.05, 4.69) is 16.2 Å². The van der Waals surface area contributed by atoms with Crippen molar-refractivity contribution in [3.8, 4) is 11.1 Å². The van der Waals surface area contributed by atoms with E-state index in [1.807, 2.05) is 57.2 Å². The minimum Gasteiger partial charge on any atom is -0.377 e. The molecule has 140 valence electrons. The fraction of sp³-hybridized carbons (Fsp3) is 0.286. The molecular formula is C21H24N4O2. The topological polar surface area (TPSA) is 62.5 Å². The number of nitrogens with zero attached hydrogens (tertiary/aromatic N) is 4. The summed E-state index contributed by atoms with van der Waals surface area (Å²) < 4.78 is 4.86. The quantitative estimate of drug-likeness (QED) is 0.691. The molecule has 0 aliphatic heterocycles. The summed E-state index contributed by atoms with van der Waals surface area (Å²) in [5.41, 5.74) is 6.41. The number of carbonyl (C=O) groups is 1. The van der Waals surface area contributed by atoms with E-state index < -0.39 is 0 Å². The number of aryl methyl sites for hydroxylation is 1. The summed E-state index contributed by atoms with van der Waals surface area (Å²) in [6.07, 6.45) is 5.01. The molecule has 3 rings (SSSR count). The maximum atomic E-state index is 13.1. The van der Waals surface area contributed by atoms with Crippen LogP contribution in [0.2, 0.25) is 0 Å². The zero-order valence-electron chi connectivity index (χ0n) is 16.4. The molecule has 1 amide bonds. The molecule has 0 atom stereocenters. The van der Waals surface area contributed by atoms with Crippen LogP contribution in [0, 0.1) is 13.8 Å². The highest BCUT2D eigenvalue weighted by Crippen LogP contribution is 2.30. The van der Waals surface area contributed by atoms with Crippen LogP contribution >= 0.6 is 0 Å². The Kier molecular flexibility index (Phi) is 5.26. The summed E-state index contributed by atoms with van der Waals surface area (Å²) in [6, 6.07) is 8.05. The van der Waals surface area contributed by atoms with E-state index in [4.69, 9.17) is 4.52 Å². The number of hydrogen-bond acceptors (Lipinski definition) is 5. The molecule has 2 aromatic heterocycles. The highest BCUT2D eigenvalue weighted by Gasteiger charge is 2.19. The number of rotatable bonds is 5. The van der Waals surface area contributed by atoms with E-state index in [0.29, 0.717) is 12.1 Å². The molecule has 6 heteroatoms. The SMILES string of the molecule is Cc1ccc(-c2cc(C(=O)N(C)Cc3cnoc3)c(C)c(N(C)C)c2)cn1. The molecule has 0 saturated heterocycles. The largest absolute Gasteiger partial charge is 0.377 e. The Morgan fingerprint density at radius 1 is 1.07 bits per heavy atom. The van der Waals surface area contributed by atoms with Gasteiger partial charge in [-0.3, -0.25) is 9.78 Å². The summed E-state index contributed by atoms with van der Waals surface area (Å²) in [5.74, 6) is -0.0429. The van der Waals surface area contributed by atoms with E-state index in [-0.39, 0.29) is 5.91 Å². The second-order valence-corrected chi connectivity index (χ2v) is 6.94. The highest BCUT2D eigenvalue weighted by molar-refractivity contribution is 5.98. The van der Waals surface area contributed by atoms with Crippen LogP contribution < -0.4 is 4.90 Å². The third-order valence-corrected chi connectivity index (χ3v) is 4.59. The second kappa shape index (κ2) is 7.61. The van der Waals surface area contributed by atoms with Gasteiger partial charge in [-0.25, -0.2) is 0 Å². The number of pyridine rings is 1. The first kappa shape index (κ1) is 18.6. The van der Waals surface area contributed by atoms with Gasteiger partial charge in [0.15, 0.2) is 0 Å². The number of anilines is 1. The number of amides is 1. The monoisotopic (exact) mass is 364 g/mol. The van der Waals surface area contributed by atoms with E-state index in [9.17, 15) is 4.79 Å². The lowest BCUT2D eigenvalue weighted by atomic mass is 9.97. The minimum atomic E-state index is -0.0429. The van der Waals surface area contributed by atoms with Crippen molar-refractivity contribution in [3.05, 3.63) is 65.3 Å². The number of carbonyl (C=O) groups excluding carboxylic acids is 1. The average molecular weight is 364 g/mol. The molecule has 0 bridgehead atoms. The molecular weight excluding hydrogens is 340 g/mol. The molecule has 2 heterocycles. The van der Waals surface area contributed by atoms with Crippen LogP contribution in [0.15, 0.2) is 47.4 Å². The smallest absolute Gasteiger partial charge is 0.254 e. The van der Waals surface area contributed by atoms with Crippen LogP contribution in [0.5, 0.6) is 0 Å². The van der Waals surface area contributed by atoms with Crippen LogP contribution in [0.4, 0.5) is 5.69 Å². The normalized spacial score (nSPS) is 10.7. The van der Waals surface area contributed by atoms with Crippen molar-refractivity contribution in [2.45, 2.75) is 20.4 Å². The van der Waals surface area contributed by atoms with Gasteiger partial charge in [0.1, 0.15) is 6.26 Å². The van der Waals surface area contributed by atoms with E-state index in [0.717, 1.165) is 33.6 Å². The molecule has 0 N–H and O–H groups in total. The van der Waals surface area contributed by atoms with E-state index >= 15 is 0 Å². The Morgan fingerprint density at radius 2 is 1.85 bits per heavy atom. The van der Waals surface area contributed by atoms with Gasteiger partial charge in [-0.15, -0.1) is 0 Å². The zero-order valence-corrected chi connectivity index (χ0v) is 16.4. The molecule has 0 aliphatic carbocycles. The molecule has 6 nitrogen and oxygen atoms in total. The summed E-state index contributed by atoms with van der Waals surface area (Å²) in [7, 11) is 5.74. The van der Waals surface area contributed by atoms with E-state index in [1.165, 1.54) is 0 Å². The second-order valence-electron chi connectivity index (χ2n) is 6.94. The minimum absolute atomic E-state index is 0.0429. The maximum absolute atomic E-state index is 13.1. The van der Waals surface area contributed by atoms with Crippen molar-refractivity contribution < 1.29 is 9.32 Å². The van der Waals surface area contributed by atoms with Crippen molar-refractivity contribution in [2.75, 3.05) is 26.0 Å². The summed E-state index contributed by atoms with van der Waals surface area (Å²) in [6.45, 7) is 4.38. The van der Waals surface area contributed by atoms with Gasteiger partial charge in [0.25, 0.3) is 5.91 Å². The van der Waals surface area contributed by atoms with Gasteiger partial charge in [0, 0.05) is 55.4 Å². The Balaban J connectivity index is 2.02. The number of benzene rings is 1. The molecule has 0 saturated carbocycles. The first-order chi connectivity index (χ1) is 12.9. The average Bonchev–Trinajstić information content (AvgIpc) is 3.14. The first-order valence-electron chi connectivity index (χ1n) is 8.75. The fourth-order valence-electron chi connectivity index (χ4n) is 3.05. The maximum Gasteiger partial charge on any atom is 0.254 e. The van der Waals surface area contributed by atoms with Gasteiger partial charge in [0.05, 0.1) is 12.7 Å². The van der Waals surface area contributed by atoms with Crippen molar-refractivity contribution in [1.29, 1.82) is 0 Å². The molecule has 0 fully saturated rings. The Morgan fingerprint density at radius 3 is 2.44 bits per heavy atom. The predicted molar refractivity (Wildman–Crippen MR) is 106 cm³/mol. The zero-order chi connectivity index (χ0) is 19.6. The van der Waals surface area contributed by atoms with Crippen LogP contribution in [0.3, 0.4) is 0 Å². The predicted octanol–water partition coefficient (Wildman–Crippen LogP) is 3.69. The molecule has 0 unspecified atom stereocenters. The van der Waals surface area contributed by atoms with Crippen LogP contribution in [-0.2, 0) is 6.54 Å². The molecule has 0 spiro atoms. The van der Waals surface area contributed by atoms with E-state index in [1.54, 1.807) is 24.4 Å². The first-order valence-corrected chi connectivity index (χ1v) is 8.75. The molecule has 3 aromatic rings. The van der Waals surface area contributed by atoms with Crippen molar-refractivity contribution in [1.82, 2.24) is 15.0 Å². The Hall–Kier alpha value is -3.15. The van der Waals surface area contributed by atoms with Crippen molar-refractivity contribution >= 4 is 11.6 Å². The van der Waals surface area contributed by atoms with Gasteiger partial charge in [-0.2, -0.15) is 0 Å². The molecule has 0 aliphatic rings. The van der Waals surface area contributed by atoms with Gasteiger partial charge < -0.3 is 14.3 Å². The summed E-state index contributed by atoms with van der Waals surface area (Å²) in [4.78, 5) is 21.2. The van der Waals surface area contributed by atoms with Crippen LogP contribution in [0.25, 0.3) is 11.1 Å². The van der Waals surface area contributed by atoms with Gasteiger partial charge in [0.2, 0.25) is 0 Å². The van der Waals surface area contributed by atoms with Gasteiger partial charge in [-0.1, -0.05) is 11.2 Å². The van der Waals surface area contributed by atoms with Crippen molar-refractivity contribution in [3.63, 3.8) is 0 Å². The lowest BCUT2D eigenvalue weighted by molar-refractivity contribution is 0.0784. The Labute approximate surface area is 159 Å². The summed E-state index contributed by atoms with van der Waals surface area (Å²) in [5, 5.41) is 3.70. The van der Waals surface area contributed by atoms with Gasteiger partial charge in [-0.05, 0) is 43.2 Å². The number of hydrogen-bond donors (Lipinski definition) is 0. The van der Waals surface area contributed by atoms with Gasteiger partial charge >= 0.3 is 0 Å². The standard InChI is InChI=1S/C21H24N4O2/c1-14-6-7-17(11-22-14)18-8-19(15(2)20(9-18)24(3)4)21(26)25(5)12-16-10-23-27-13-16/h6-11,13H,12H2,1-5H3. The Bertz CT molecular complexity index is 932. The molecule has 0 radical (unpaired) electrons. The molecule has 1 aromatic carbocycles. The lowest BCUT2D eigenvalue weighted by Gasteiger charge is -2.23. The van der Waals surface area contributed by atoms with Crippen LogP contribution in [-0.4, -0.2) is 42.1 Å². The number of aromatic nitrogens is 2. The third kappa shape index (κ3) is 4.00. The summed E-state index contributed by atoms with van der Waals surface area (Å²) >= 11 is 0. The van der Waals surface area contributed by atoms with Crippen molar-refractivity contribution in [2.24, 2.45) is 0 Å². The van der Waals surface area contributed by atoms with Crippen LogP contribution in [0.1, 0.15) is 27.2 Å². The lowest BCUT2D eigenvalue weighted by Crippen LogP contribution is -2.27. The fourth-order valence-corrected chi connectivity index (χ4v) is 3.05. The third-order valence-electron chi connectivity index (χ3n) is 4.59. The highest BCUT2D eigenvalue weighted by atomic mass is 16.5.